The predicted molar refractivity (Wildman–Crippen MR) is 104 cm³/mol. The van der Waals surface area contributed by atoms with E-state index < -0.39 is 0 Å². The first-order chi connectivity index (χ1) is 11.8. The summed E-state index contributed by atoms with van der Waals surface area (Å²) in [6.45, 7) is 9.02. The van der Waals surface area contributed by atoms with Crippen molar-refractivity contribution in [3.05, 3.63) is 29.8 Å². The highest BCUT2D eigenvalue weighted by Crippen LogP contribution is 2.20. The molecule has 0 radical (unpaired) electrons. The van der Waals surface area contributed by atoms with Crippen LogP contribution in [0.15, 0.2) is 29.2 Å². The van der Waals surface area contributed by atoms with Gasteiger partial charge in [0.25, 0.3) is 0 Å². The second-order valence-electron chi connectivity index (χ2n) is 7.88. The molecule has 1 fully saturated rings. The van der Waals surface area contributed by atoms with Crippen LogP contribution in [0.25, 0.3) is 0 Å². The molecule has 0 atom stereocenters. The number of hydrogen-bond donors (Lipinski definition) is 0. The van der Waals surface area contributed by atoms with E-state index in [1.165, 1.54) is 4.90 Å². The number of rotatable bonds is 4. The zero-order valence-corrected chi connectivity index (χ0v) is 16.7. The quantitative estimate of drug-likeness (QED) is 0.770. The van der Waals surface area contributed by atoms with Gasteiger partial charge < -0.3 is 9.80 Å². The summed E-state index contributed by atoms with van der Waals surface area (Å²) < 4.78 is 0. The molecule has 4 nitrogen and oxygen atoms in total. The molecule has 2 amide bonds. The van der Waals surface area contributed by atoms with Gasteiger partial charge in [-0.3, -0.25) is 9.59 Å². The molecule has 0 aromatic heterocycles. The third-order valence-corrected chi connectivity index (χ3v) is 5.14. The van der Waals surface area contributed by atoms with Gasteiger partial charge in [0.05, 0.1) is 6.42 Å². The highest BCUT2D eigenvalue weighted by molar-refractivity contribution is 7.98. The topological polar surface area (TPSA) is 40.6 Å². The molecule has 1 aromatic rings. The molecule has 2 rings (SSSR count). The van der Waals surface area contributed by atoms with Crippen LogP contribution < -0.4 is 0 Å². The maximum absolute atomic E-state index is 12.6. The van der Waals surface area contributed by atoms with Crippen LogP contribution in [0, 0.1) is 5.41 Å². The van der Waals surface area contributed by atoms with Crippen molar-refractivity contribution in [1.82, 2.24) is 9.80 Å². The van der Waals surface area contributed by atoms with Gasteiger partial charge in [0.2, 0.25) is 11.8 Å². The predicted octanol–water partition coefficient (Wildman–Crippen LogP) is 3.45. The molecule has 5 heteroatoms. The average Bonchev–Trinajstić information content (AvgIpc) is 2.80. The Balaban J connectivity index is 1.88. The molecule has 138 valence electrons. The van der Waals surface area contributed by atoms with Gasteiger partial charge in [0.1, 0.15) is 0 Å². The van der Waals surface area contributed by atoms with E-state index in [-0.39, 0.29) is 17.2 Å². The van der Waals surface area contributed by atoms with Crippen molar-refractivity contribution < 1.29 is 9.59 Å². The Morgan fingerprint density at radius 3 is 2.04 bits per heavy atom. The summed E-state index contributed by atoms with van der Waals surface area (Å²) in [5.41, 5.74) is 1.05. The van der Waals surface area contributed by atoms with Crippen LogP contribution >= 0.6 is 11.8 Å². The Labute approximate surface area is 156 Å². The third kappa shape index (κ3) is 6.38. The van der Waals surface area contributed by atoms with Gasteiger partial charge in [0, 0.05) is 37.5 Å². The SMILES string of the molecule is CSc1ccc(CC(=O)N2CCCN(C(=O)CC(C)(C)C)CC2)cc1. The number of amides is 2. The van der Waals surface area contributed by atoms with Gasteiger partial charge in [-0.25, -0.2) is 0 Å². The fraction of sp³-hybridized carbons (Fsp3) is 0.600. The molecule has 1 aromatic carbocycles. The lowest BCUT2D eigenvalue weighted by molar-refractivity contribution is -0.134. The van der Waals surface area contributed by atoms with Gasteiger partial charge in [-0.15, -0.1) is 11.8 Å². The van der Waals surface area contributed by atoms with Gasteiger partial charge in [-0.2, -0.15) is 0 Å². The molecule has 0 saturated carbocycles. The minimum Gasteiger partial charge on any atom is -0.341 e. The molecule has 1 aliphatic rings. The minimum atomic E-state index is 0.00182. The second-order valence-corrected chi connectivity index (χ2v) is 8.76. The first-order valence-corrected chi connectivity index (χ1v) is 10.2. The van der Waals surface area contributed by atoms with Crippen LogP contribution in [0.2, 0.25) is 0 Å². The lowest BCUT2D eigenvalue weighted by Crippen LogP contribution is -2.38. The Morgan fingerprint density at radius 1 is 0.960 bits per heavy atom. The zero-order valence-electron chi connectivity index (χ0n) is 15.9. The van der Waals surface area contributed by atoms with Gasteiger partial charge in [0.15, 0.2) is 0 Å². The molecule has 0 spiro atoms. The lowest BCUT2D eigenvalue weighted by atomic mass is 9.91. The first kappa shape index (κ1) is 19.8. The van der Waals surface area contributed by atoms with Gasteiger partial charge >= 0.3 is 0 Å². The van der Waals surface area contributed by atoms with E-state index in [0.717, 1.165) is 25.1 Å². The fourth-order valence-corrected chi connectivity index (χ4v) is 3.42. The monoisotopic (exact) mass is 362 g/mol. The van der Waals surface area contributed by atoms with Crippen LogP contribution in [-0.4, -0.2) is 54.0 Å². The molecule has 0 N–H and O–H groups in total. The van der Waals surface area contributed by atoms with Gasteiger partial charge in [-0.05, 0) is 35.8 Å². The molecule has 1 heterocycles. The summed E-state index contributed by atoms with van der Waals surface area (Å²) in [6.07, 6.45) is 3.89. The van der Waals surface area contributed by atoms with Crippen LogP contribution in [-0.2, 0) is 16.0 Å². The van der Waals surface area contributed by atoms with E-state index in [1.54, 1.807) is 11.8 Å². The highest BCUT2D eigenvalue weighted by Gasteiger charge is 2.25. The normalized spacial score (nSPS) is 15.8. The highest BCUT2D eigenvalue weighted by atomic mass is 32.2. The van der Waals surface area contributed by atoms with Crippen molar-refractivity contribution in [3.63, 3.8) is 0 Å². The molecule has 1 saturated heterocycles. The summed E-state index contributed by atoms with van der Waals surface area (Å²) in [6, 6.07) is 8.17. The fourth-order valence-electron chi connectivity index (χ4n) is 3.01. The van der Waals surface area contributed by atoms with Crippen molar-refractivity contribution in [2.45, 2.75) is 44.9 Å². The summed E-state index contributed by atoms with van der Waals surface area (Å²) >= 11 is 1.70. The van der Waals surface area contributed by atoms with Crippen molar-refractivity contribution in [1.29, 1.82) is 0 Å². The Morgan fingerprint density at radius 2 is 1.52 bits per heavy atom. The number of nitrogens with zero attached hydrogens (tertiary/aromatic N) is 2. The number of carbonyl (C=O) groups excluding carboxylic acids is 2. The van der Waals surface area contributed by atoms with E-state index in [4.69, 9.17) is 0 Å². The molecule has 1 aliphatic heterocycles. The van der Waals surface area contributed by atoms with Crippen molar-refractivity contribution in [3.8, 4) is 0 Å². The second kappa shape index (κ2) is 8.75. The maximum atomic E-state index is 12.6. The number of hydrogen-bond acceptors (Lipinski definition) is 3. The Kier molecular flexibility index (Phi) is 6.94. The molecule has 0 bridgehead atoms. The van der Waals surface area contributed by atoms with Crippen molar-refractivity contribution >= 4 is 23.6 Å². The summed E-state index contributed by atoms with van der Waals surface area (Å²) in [7, 11) is 0. The number of benzene rings is 1. The molecular weight excluding hydrogens is 332 g/mol. The lowest BCUT2D eigenvalue weighted by Gasteiger charge is -2.25. The van der Waals surface area contributed by atoms with Crippen LogP contribution in [0.4, 0.5) is 0 Å². The Bertz CT molecular complexity index is 593. The van der Waals surface area contributed by atoms with Crippen LogP contribution in [0.3, 0.4) is 0 Å². The zero-order chi connectivity index (χ0) is 18.4. The minimum absolute atomic E-state index is 0.00182. The maximum Gasteiger partial charge on any atom is 0.227 e. The van der Waals surface area contributed by atoms with Crippen LogP contribution in [0.1, 0.15) is 39.2 Å². The van der Waals surface area contributed by atoms with Crippen LogP contribution in [0.5, 0.6) is 0 Å². The smallest absolute Gasteiger partial charge is 0.227 e. The van der Waals surface area contributed by atoms with Crippen molar-refractivity contribution in [2.24, 2.45) is 5.41 Å². The molecule has 25 heavy (non-hydrogen) atoms. The number of thioether (sulfide) groups is 1. The summed E-state index contributed by atoms with van der Waals surface area (Å²) in [5.74, 6) is 0.358. The molecule has 0 aliphatic carbocycles. The summed E-state index contributed by atoms with van der Waals surface area (Å²) in [4.78, 5) is 30.1. The number of carbonyl (C=O) groups is 2. The van der Waals surface area contributed by atoms with E-state index in [0.29, 0.717) is 25.9 Å². The summed E-state index contributed by atoms with van der Waals surface area (Å²) in [5, 5.41) is 0. The first-order valence-electron chi connectivity index (χ1n) is 8.97. The standard InChI is InChI=1S/C20H30N2O2S/c1-20(2,3)15-19(24)22-11-5-10-21(12-13-22)18(23)14-16-6-8-17(25-4)9-7-16/h6-9H,5,10-15H2,1-4H3. The third-order valence-electron chi connectivity index (χ3n) is 4.40. The molecule has 0 unspecified atom stereocenters. The van der Waals surface area contributed by atoms with E-state index in [1.807, 2.05) is 28.2 Å². The van der Waals surface area contributed by atoms with E-state index >= 15 is 0 Å². The van der Waals surface area contributed by atoms with Crippen molar-refractivity contribution in [2.75, 3.05) is 32.4 Å². The molecular formula is C20H30N2O2S. The largest absolute Gasteiger partial charge is 0.341 e. The van der Waals surface area contributed by atoms with Gasteiger partial charge in [-0.1, -0.05) is 32.9 Å². The Hall–Kier alpha value is -1.49. The average molecular weight is 363 g/mol. The van der Waals surface area contributed by atoms with E-state index in [2.05, 4.69) is 32.9 Å². The van der Waals surface area contributed by atoms with E-state index in [9.17, 15) is 9.59 Å².